The topological polar surface area (TPSA) is 44.1 Å². The second-order valence-electron chi connectivity index (χ2n) is 9.59. The molecule has 4 nitrogen and oxygen atoms in total. The number of carbonyl (C=O) groups excluding carboxylic acids is 1. The van der Waals surface area contributed by atoms with Gasteiger partial charge in [-0.05, 0) is 37.1 Å². The Kier molecular flexibility index (Phi) is 6.22. The van der Waals surface area contributed by atoms with E-state index in [4.69, 9.17) is 9.84 Å². The van der Waals surface area contributed by atoms with Gasteiger partial charge in [0.1, 0.15) is 5.76 Å². The van der Waals surface area contributed by atoms with E-state index >= 15 is 0 Å². The lowest BCUT2D eigenvalue weighted by Gasteiger charge is -2.32. The third-order valence-corrected chi connectivity index (χ3v) is 7.18. The predicted molar refractivity (Wildman–Crippen MR) is 151 cm³/mol. The molecule has 0 fully saturated rings. The van der Waals surface area contributed by atoms with E-state index in [-0.39, 0.29) is 11.7 Å². The van der Waals surface area contributed by atoms with Crippen LogP contribution in [0.4, 0.5) is 0 Å². The van der Waals surface area contributed by atoms with E-state index in [9.17, 15) is 4.79 Å². The molecule has 4 heteroatoms. The largest absolute Gasteiger partial charge is 0.442 e. The highest BCUT2D eigenvalue weighted by Crippen LogP contribution is 2.50. The highest BCUT2D eigenvalue weighted by atomic mass is 16.5. The number of ketones is 1. The van der Waals surface area contributed by atoms with Crippen molar-refractivity contribution in [1.82, 2.24) is 9.78 Å². The number of aryl methyl sites for hydroxylation is 1. The van der Waals surface area contributed by atoms with Gasteiger partial charge in [0.2, 0.25) is 5.88 Å². The molecule has 1 aliphatic rings. The number of carbonyl (C=O) groups is 1. The molecule has 0 saturated carbocycles. The summed E-state index contributed by atoms with van der Waals surface area (Å²) in [7, 11) is 0. The van der Waals surface area contributed by atoms with Crippen molar-refractivity contribution >= 4 is 11.4 Å². The Morgan fingerprint density at radius 2 is 1.34 bits per heavy atom. The van der Waals surface area contributed by atoms with E-state index in [1.165, 1.54) is 0 Å². The number of ether oxygens (including phenoxy) is 1. The summed E-state index contributed by atoms with van der Waals surface area (Å²) < 4.78 is 8.68. The van der Waals surface area contributed by atoms with Crippen LogP contribution >= 0.6 is 0 Å². The lowest BCUT2D eigenvalue weighted by atomic mass is 9.77. The number of hydrogen-bond donors (Lipinski definition) is 0. The summed E-state index contributed by atoms with van der Waals surface area (Å²) >= 11 is 0. The van der Waals surface area contributed by atoms with E-state index in [0.29, 0.717) is 17.2 Å². The minimum Gasteiger partial charge on any atom is -0.442 e. The van der Waals surface area contributed by atoms with E-state index in [2.05, 4.69) is 36.4 Å². The first-order valence-corrected chi connectivity index (χ1v) is 12.9. The van der Waals surface area contributed by atoms with Gasteiger partial charge in [-0.15, -0.1) is 0 Å². The molecule has 186 valence electrons. The third-order valence-electron chi connectivity index (χ3n) is 7.18. The van der Waals surface area contributed by atoms with Crippen molar-refractivity contribution in [1.29, 1.82) is 0 Å². The van der Waals surface area contributed by atoms with Gasteiger partial charge in [0.15, 0.2) is 5.78 Å². The highest BCUT2D eigenvalue weighted by Gasteiger charge is 2.40. The van der Waals surface area contributed by atoms with Crippen LogP contribution in [-0.4, -0.2) is 15.6 Å². The van der Waals surface area contributed by atoms with Crippen molar-refractivity contribution in [2.45, 2.75) is 19.8 Å². The molecule has 4 aromatic carbocycles. The minimum atomic E-state index is -0.508. The van der Waals surface area contributed by atoms with Crippen molar-refractivity contribution in [3.05, 3.63) is 155 Å². The Morgan fingerprint density at radius 3 is 1.97 bits per heavy atom. The summed E-state index contributed by atoms with van der Waals surface area (Å²) in [4.78, 5) is 13.8. The van der Waals surface area contributed by atoms with Crippen molar-refractivity contribution in [2.75, 3.05) is 0 Å². The molecular weight excluding hydrogens is 468 g/mol. The quantitative estimate of drug-likeness (QED) is 0.227. The first-order valence-electron chi connectivity index (χ1n) is 12.9. The first-order chi connectivity index (χ1) is 18.6. The molecule has 6 rings (SSSR count). The molecule has 5 aromatic rings. The summed E-state index contributed by atoms with van der Waals surface area (Å²) in [6, 6.07) is 40.1. The van der Waals surface area contributed by atoms with Crippen molar-refractivity contribution in [3.8, 4) is 11.6 Å². The number of benzene rings is 4. The average Bonchev–Trinajstić information content (AvgIpc) is 3.33. The lowest BCUT2D eigenvalue weighted by Crippen LogP contribution is -2.25. The van der Waals surface area contributed by atoms with Crippen LogP contribution < -0.4 is 4.74 Å². The van der Waals surface area contributed by atoms with E-state index in [0.717, 1.165) is 33.6 Å². The molecule has 1 aliphatic heterocycles. The van der Waals surface area contributed by atoms with Gasteiger partial charge >= 0.3 is 0 Å². The Bertz CT molecular complexity index is 1610. The average molecular weight is 497 g/mol. The molecule has 0 radical (unpaired) electrons. The number of fused-ring (bicyclic) bond motifs is 1. The van der Waals surface area contributed by atoms with Gasteiger partial charge in [-0.2, -0.15) is 5.10 Å². The molecule has 0 amide bonds. The van der Waals surface area contributed by atoms with E-state index in [1.807, 2.05) is 103 Å². The molecule has 0 aliphatic carbocycles. The number of hydrogen-bond acceptors (Lipinski definition) is 3. The Morgan fingerprint density at radius 1 is 0.789 bits per heavy atom. The predicted octanol–water partition coefficient (Wildman–Crippen LogP) is 7.64. The Hall–Kier alpha value is -4.70. The summed E-state index contributed by atoms with van der Waals surface area (Å²) in [6.07, 6.45) is 0. The van der Waals surface area contributed by atoms with Gasteiger partial charge < -0.3 is 4.74 Å². The lowest BCUT2D eigenvalue weighted by molar-refractivity contribution is 0.0926. The molecule has 1 aromatic heterocycles. The normalized spacial score (nSPS) is 15.5. The van der Waals surface area contributed by atoms with Crippen LogP contribution in [0.15, 0.2) is 127 Å². The standard InChI is InChI=1S/C34H28N2O2/c1-23(32(37)27-19-11-5-12-20-27)33-31(26-17-9-4-10-18-26)30(25-15-7-3-8-16-25)29-24(2)35-36(34(29)38-33)28-21-13-6-14-22-28/h3-23,30H,1-2H3/t23-,30+/m0/s1. The smallest absolute Gasteiger partial charge is 0.226 e. The number of aromatic nitrogens is 2. The molecule has 0 N–H and O–H groups in total. The fourth-order valence-corrected chi connectivity index (χ4v) is 5.34. The zero-order chi connectivity index (χ0) is 26.1. The minimum absolute atomic E-state index is 0.0202. The Labute approximate surface area is 222 Å². The summed E-state index contributed by atoms with van der Waals surface area (Å²) in [6.45, 7) is 3.97. The number of para-hydroxylation sites is 1. The number of Topliss-reactive ketones (excluding diaryl/α,β-unsaturated/α-hetero) is 1. The van der Waals surface area contributed by atoms with E-state index in [1.54, 1.807) is 0 Å². The second kappa shape index (κ2) is 9.98. The highest BCUT2D eigenvalue weighted by molar-refractivity contribution is 6.00. The molecule has 0 bridgehead atoms. The summed E-state index contributed by atoms with van der Waals surface area (Å²) in [5.74, 6) is 0.674. The summed E-state index contributed by atoms with van der Waals surface area (Å²) in [5.41, 5.74) is 6.64. The summed E-state index contributed by atoms with van der Waals surface area (Å²) in [5, 5.41) is 4.94. The van der Waals surface area contributed by atoms with Gasteiger partial charge in [0.25, 0.3) is 0 Å². The zero-order valence-electron chi connectivity index (χ0n) is 21.4. The Balaban J connectivity index is 1.63. The molecule has 2 heterocycles. The fourth-order valence-electron chi connectivity index (χ4n) is 5.34. The molecule has 38 heavy (non-hydrogen) atoms. The van der Waals surface area contributed by atoms with Gasteiger partial charge in [0.05, 0.1) is 17.3 Å². The fraction of sp³-hybridized carbons (Fsp3) is 0.118. The van der Waals surface area contributed by atoms with Crippen molar-refractivity contribution < 1.29 is 9.53 Å². The van der Waals surface area contributed by atoms with Gasteiger partial charge in [-0.25, -0.2) is 4.68 Å². The maximum absolute atomic E-state index is 13.8. The molecular formula is C34H28N2O2. The van der Waals surface area contributed by atoms with Crippen molar-refractivity contribution in [3.63, 3.8) is 0 Å². The van der Waals surface area contributed by atoms with Gasteiger partial charge in [0, 0.05) is 22.6 Å². The van der Waals surface area contributed by atoms with Crippen LogP contribution in [0.25, 0.3) is 11.3 Å². The monoisotopic (exact) mass is 496 g/mol. The molecule has 0 spiro atoms. The number of nitrogens with zero attached hydrogens (tertiary/aromatic N) is 2. The van der Waals surface area contributed by atoms with E-state index < -0.39 is 5.92 Å². The van der Waals surface area contributed by atoms with Crippen LogP contribution in [0, 0.1) is 12.8 Å². The molecule has 2 atom stereocenters. The zero-order valence-corrected chi connectivity index (χ0v) is 21.4. The third kappa shape index (κ3) is 4.14. The SMILES string of the molecule is Cc1nn(-c2ccccc2)c2c1[C@@H](c1ccccc1)C(c1ccccc1)=C([C@@H](C)C(=O)c1ccccc1)O2. The first kappa shape index (κ1) is 23.7. The van der Waals surface area contributed by atoms with Crippen LogP contribution in [0.5, 0.6) is 5.88 Å². The maximum atomic E-state index is 13.8. The van der Waals surface area contributed by atoms with Crippen LogP contribution in [-0.2, 0) is 0 Å². The van der Waals surface area contributed by atoms with Gasteiger partial charge in [-0.3, -0.25) is 4.79 Å². The second-order valence-corrected chi connectivity index (χ2v) is 9.59. The number of allylic oxidation sites excluding steroid dienone is 2. The van der Waals surface area contributed by atoms with Crippen LogP contribution in [0.1, 0.15) is 45.6 Å². The molecule has 0 saturated heterocycles. The van der Waals surface area contributed by atoms with Gasteiger partial charge in [-0.1, -0.05) is 109 Å². The van der Waals surface area contributed by atoms with Crippen molar-refractivity contribution in [2.24, 2.45) is 5.92 Å². The molecule has 0 unspecified atom stereocenters. The maximum Gasteiger partial charge on any atom is 0.226 e. The van der Waals surface area contributed by atoms with Crippen LogP contribution in [0.3, 0.4) is 0 Å². The number of rotatable bonds is 6. The van der Waals surface area contributed by atoms with Crippen LogP contribution in [0.2, 0.25) is 0 Å².